The number of nitrogens with one attached hydrogen (secondary N) is 2. The van der Waals surface area contributed by atoms with Gasteiger partial charge in [-0.15, -0.1) is 11.3 Å². The minimum atomic E-state index is -0.160. The number of fused-ring (bicyclic) bond motifs is 1. The number of benzene rings is 3. The number of rotatable bonds is 8. The highest BCUT2D eigenvalue weighted by Crippen LogP contribution is 2.35. The first-order valence-corrected chi connectivity index (χ1v) is 15.6. The van der Waals surface area contributed by atoms with Gasteiger partial charge in [-0.25, -0.2) is 15.0 Å². The summed E-state index contributed by atoms with van der Waals surface area (Å²) in [4.78, 5) is 32.9. The highest BCUT2D eigenvalue weighted by atomic mass is 32.1. The Labute approximate surface area is 259 Å². The average molecular weight is 601 g/mol. The molecule has 0 atom stereocenters. The van der Waals surface area contributed by atoms with E-state index in [9.17, 15) is 4.79 Å². The molecule has 0 spiro atoms. The molecule has 1 aliphatic heterocycles. The molecule has 0 radical (unpaired) electrons. The van der Waals surface area contributed by atoms with Crippen LogP contribution in [0.4, 0.5) is 23.0 Å². The Morgan fingerprint density at radius 1 is 0.886 bits per heavy atom. The minimum absolute atomic E-state index is 0.160. The molecule has 220 valence electrons. The highest BCUT2D eigenvalue weighted by Gasteiger charge is 2.20. The molecule has 0 bridgehead atoms. The summed E-state index contributed by atoms with van der Waals surface area (Å²) in [5.41, 5.74) is 6.72. The lowest BCUT2D eigenvalue weighted by Gasteiger charge is -2.35. The topological polar surface area (TPSA) is 90.7 Å². The Morgan fingerprint density at radius 2 is 1.70 bits per heavy atom. The van der Waals surface area contributed by atoms with E-state index in [-0.39, 0.29) is 5.91 Å². The van der Waals surface area contributed by atoms with E-state index in [0.717, 1.165) is 66.0 Å². The van der Waals surface area contributed by atoms with Crippen molar-refractivity contribution in [1.29, 1.82) is 0 Å². The van der Waals surface area contributed by atoms with Crippen molar-refractivity contribution in [3.8, 4) is 22.6 Å². The molecule has 0 unspecified atom stereocenters. The van der Waals surface area contributed by atoms with Gasteiger partial charge < -0.3 is 20.4 Å². The number of amides is 1. The first-order chi connectivity index (χ1) is 21.6. The standard InChI is InChI=1S/C34H32N8OS/c1-2-40-17-19-41(20-18-40)28-13-11-26(12-14-28)37-33-35-16-15-29(38-33)31-30(39-34-42(31)21-22-44-34)25-9-6-10-27(23-25)36-32(43)24-7-4-3-5-8-24/h3-16,21-23H,2,17-20H2,1H3,(H,36,43)(H,35,37,38). The zero-order valence-electron chi connectivity index (χ0n) is 24.4. The number of carbonyl (C=O) groups is 1. The first-order valence-electron chi connectivity index (χ1n) is 14.7. The van der Waals surface area contributed by atoms with E-state index in [2.05, 4.69) is 61.0 Å². The molecule has 3 aromatic carbocycles. The fourth-order valence-electron chi connectivity index (χ4n) is 5.53. The van der Waals surface area contributed by atoms with Gasteiger partial charge in [0.1, 0.15) is 5.69 Å². The van der Waals surface area contributed by atoms with Crippen LogP contribution in [0, 0.1) is 0 Å². The summed E-state index contributed by atoms with van der Waals surface area (Å²) in [5, 5.41) is 8.40. The van der Waals surface area contributed by atoms with Crippen molar-refractivity contribution in [2.75, 3.05) is 48.3 Å². The van der Waals surface area contributed by atoms with Gasteiger partial charge in [-0.1, -0.05) is 37.3 Å². The molecular weight excluding hydrogens is 568 g/mol. The molecule has 10 heteroatoms. The first kappa shape index (κ1) is 27.8. The lowest BCUT2D eigenvalue weighted by atomic mass is 10.1. The summed E-state index contributed by atoms with van der Waals surface area (Å²) in [6.07, 6.45) is 3.76. The van der Waals surface area contributed by atoms with E-state index in [1.807, 2.05) is 60.1 Å². The monoisotopic (exact) mass is 600 g/mol. The van der Waals surface area contributed by atoms with Crippen molar-refractivity contribution in [3.05, 3.63) is 108 Å². The molecule has 4 heterocycles. The third-order valence-corrected chi connectivity index (χ3v) is 8.65. The zero-order valence-corrected chi connectivity index (χ0v) is 25.2. The van der Waals surface area contributed by atoms with Crippen molar-refractivity contribution in [2.45, 2.75) is 6.92 Å². The maximum absolute atomic E-state index is 12.8. The van der Waals surface area contributed by atoms with Crippen molar-refractivity contribution in [1.82, 2.24) is 24.3 Å². The summed E-state index contributed by atoms with van der Waals surface area (Å²) in [7, 11) is 0. The summed E-state index contributed by atoms with van der Waals surface area (Å²) in [5.74, 6) is 0.347. The second-order valence-corrected chi connectivity index (χ2v) is 11.5. The molecule has 44 heavy (non-hydrogen) atoms. The molecule has 6 aromatic rings. The van der Waals surface area contributed by atoms with Crippen LogP contribution in [0.25, 0.3) is 27.6 Å². The maximum Gasteiger partial charge on any atom is 0.255 e. The van der Waals surface area contributed by atoms with Crippen molar-refractivity contribution in [2.24, 2.45) is 0 Å². The molecule has 2 N–H and O–H groups in total. The second-order valence-electron chi connectivity index (χ2n) is 10.6. The van der Waals surface area contributed by atoms with Crippen LogP contribution in [-0.4, -0.2) is 62.9 Å². The number of anilines is 4. The molecule has 3 aromatic heterocycles. The molecule has 1 fully saturated rings. The number of piperazine rings is 1. The van der Waals surface area contributed by atoms with E-state index in [1.54, 1.807) is 29.7 Å². The molecule has 1 aliphatic rings. The Hall–Kier alpha value is -5.06. The predicted octanol–water partition coefficient (Wildman–Crippen LogP) is 6.66. The van der Waals surface area contributed by atoms with Gasteiger partial charge in [0.25, 0.3) is 5.91 Å². The third-order valence-electron chi connectivity index (χ3n) is 7.90. The maximum atomic E-state index is 12.8. The number of carbonyl (C=O) groups excluding carboxylic acids is 1. The van der Waals surface area contributed by atoms with E-state index in [1.165, 1.54) is 5.69 Å². The van der Waals surface area contributed by atoms with Crippen molar-refractivity contribution in [3.63, 3.8) is 0 Å². The molecule has 7 rings (SSSR count). The van der Waals surface area contributed by atoms with Gasteiger partial charge in [0, 0.05) is 72.1 Å². The Bertz CT molecular complexity index is 1890. The van der Waals surface area contributed by atoms with Gasteiger partial charge >= 0.3 is 0 Å². The fourth-order valence-corrected chi connectivity index (χ4v) is 6.24. The number of aromatic nitrogens is 4. The summed E-state index contributed by atoms with van der Waals surface area (Å²) in [6.45, 7) is 7.59. The van der Waals surface area contributed by atoms with Gasteiger partial charge in [0.05, 0.1) is 11.4 Å². The number of thiazole rings is 1. The Morgan fingerprint density at radius 3 is 2.50 bits per heavy atom. The van der Waals surface area contributed by atoms with E-state index in [4.69, 9.17) is 9.97 Å². The van der Waals surface area contributed by atoms with Crippen LogP contribution in [0.1, 0.15) is 17.3 Å². The average Bonchev–Trinajstić information content (AvgIpc) is 3.68. The SMILES string of the molecule is CCN1CCN(c2ccc(Nc3nccc(-c4c(-c5cccc(NC(=O)c6ccccc6)c5)nc5sccn45)n3)cc2)CC1. The number of imidazole rings is 1. The van der Waals surface area contributed by atoms with Gasteiger partial charge in [-0.05, 0) is 61.1 Å². The molecule has 9 nitrogen and oxygen atoms in total. The van der Waals surface area contributed by atoms with Crippen molar-refractivity contribution >= 4 is 45.2 Å². The largest absolute Gasteiger partial charge is 0.369 e. The number of nitrogens with zero attached hydrogens (tertiary/aromatic N) is 6. The lowest BCUT2D eigenvalue weighted by molar-refractivity contribution is 0.102. The summed E-state index contributed by atoms with van der Waals surface area (Å²) < 4.78 is 2.05. The van der Waals surface area contributed by atoms with Crippen LogP contribution >= 0.6 is 11.3 Å². The van der Waals surface area contributed by atoms with Gasteiger partial charge in [0.2, 0.25) is 5.95 Å². The molecule has 0 aliphatic carbocycles. The van der Waals surface area contributed by atoms with Gasteiger partial charge in [-0.3, -0.25) is 9.20 Å². The lowest BCUT2D eigenvalue weighted by Crippen LogP contribution is -2.46. The molecular formula is C34H32N8OS. The molecule has 0 saturated carbocycles. The van der Waals surface area contributed by atoms with Crippen LogP contribution < -0.4 is 15.5 Å². The number of likely N-dealkylation sites (N-methyl/N-ethyl adjacent to an activating group) is 1. The second kappa shape index (κ2) is 12.3. The number of hydrogen-bond donors (Lipinski definition) is 2. The zero-order chi connectivity index (χ0) is 29.9. The van der Waals surface area contributed by atoms with Crippen LogP contribution in [0.5, 0.6) is 0 Å². The summed E-state index contributed by atoms with van der Waals surface area (Å²) in [6, 6.07) is 27.3. The number of hydrogen-bond acceptors (Lipinski definition) is 8. The highest BCUT2D eigenvalue weighted by molar-refractivity contribution is 7.15. The smallest absolute Gasteiger partial charge is 0.255 e. The quantitative estimate of drug-likeness (QED) is 0.202. The minimum Gasteiger partial charge on any atom is -0.369 e. The normalized spacial score (nSPS) is 13.7. The Balaban J connectivity index is 1.14. The van der Waals surface area contributed by atoms with E-state index in [0.29, 0.717) is 17.2 Å². The fraction of sp³-hybridized carbons (Fsp3) is 0.176. The van der Waals surface area contributed by atoms with Gasteiger partial charge in [-0.2, -0.15) is 0 Å². The van der Waals surface area contributed by atoms with Crippen LogP contribution in [0.3, 0.4) is 0 Å². The predicted molar refractivity (Wildman–Crippen MR) is 178 cm³/mol. The molecule has 1 saturated heterocycles. The summed E-state index contributed by atoms with van der Waals surface area (Å²) >= 11 is 1.56. The van der Waals surface area contributed by atoms with Crippen LogP contribution in [-0.2, 0) is 0 Å². The van der Waals surface area contributed by atoms with Crippen molar-refractivity contribution < 1.29 is 4.79 Å². The Kier molecular flexibility index (Phi) is 7.74. The van der Waals surface area contributed by atoms with Crippen LogP contribution in [0.2, 0.25) is 0 Å². The third kappa shape index (κ3) is 5.77. The van der Waals surface area contributed by atoms with Crippen LogP contribution in [0.15, 0.2) is 103 Å². The van der Waals surface area contributed by atoms with E-state index < -0.39 is 0 Å². The van der Waals surface area contributed by atoms with E-state index >= 15 is 0 Å². The molecule has 1 amide bonds. The van der Waals surface area contributed by atoms with Gasteiger partial charge in [0.15, 0.2) is 4.96 Å².